The van der Waals surface area contributed by atoms with E-state index in [-0.39, 0.29) is 16.0 Å². The van der Waals surface area contributed by atoms with Gasteiger partial charge in [-0.15, -0.1) is 0 Å². The first-order chi connectivity index (χ1) is 11.3. The predicted molar refractivity (Wildman–Crippen MR) is 90.2 cm³/mol. The lowest BCUT2D eigenvalue weighted by Gasteiger charge is -2.15. The smallest absolute Gasteiger partial charge is 0.417 e. The summed E-state index contributed by atoms with van der Waals surface area (Å²) in [7, 11) is 1.52. The molecule has 0 aliphatic heterocycles. The summed E-state index contributed by atoms with van der Waals surface area (Å²) >= 11 is 10.9. The first-order valence-corrected chi connectivity index (χ1v) is 7.28. The maximum absolute atomic E-state index is 12.6. The maximum atomic E-state index is 12.6. The molecule has 2 rings (SSSR count). The first-order valence-electron chi connectivity index (χ1n) is 6.50. The van der Waals surface area contributed by atoms with Crippen molar-refractivity contribution in [1.29, 1.82) is 0 Å². The van der Waals surface area contributed by atoms with Crippen LogP contribution in [0.2, 0.25) is 5.02 Å². The number of anilines is 2. The van der Waals surface area contributed by atoms with E-state index in [0.717, 1.165) is 6.07 Å². The summed E-state index contributed by atoms with van der Waals surface area (Å²) < 4.78 is 42.8. The van der Waals surface area contributed by atoms with Gasteiger partial charge in [0.25, 0.3) is 0 Å². The van der Waals surface area contributed by atoms with Crippen molar-refractivity contribution in [1.82, 2.24) is 10.4 Å². The molecular formula is C14H12ClF3N4OS. The minimum absolute atomic E-state index is 0.00819. The molecule has 1 aromatic heterocycles. The van der Waals surface area contributed by atoms with Crippen molar-refractivity contribution in [2.24, 2.45) is 0 Å². The van der Waals surface area contributed by atoms with Crippen LogP contribution in [0, 0.1) is 0 Å². The third-order valence-corrected chi connectivity index (χ3v) is 3.31. The van der Waals surface area contributed by atoms with Crippen LogP contribution in [-0.2, 0) is 6.18 Å². The minimum atomic E-state index is -4.51. The number of alkyl halides is 3. The van der Waals surface area contributed by atoms with E-state index >= 15 is 0 Å². The van der Waals surface area contributed by atoms with Gasteiger partial charge in [-0.1, -0.05) is 23.7 Å². The summed E-state index contributed by atoms with van der Waals surface area (Å²) in [5, 5.41) is 2.82. The van der Waals surface area contributed by atoms with Crippen molar-refractivity contribution in [2.45, 2.75) is 6.18 Å². The third-order valence-electron chi connectivity index (χ3n) is 2.82. The number of nitrogens with zero attached hydrogens (tertiary/aromatic N) is 1. The summed E-state index contributed by atoms with van der Waals surface area (Å²) in [4.78, 5) is 3.62. The fourth-order valence-corrected chi connectivity index (χ4v) is 2.08. The van der Waals surface area contributed by atoms with E-state index in [0.29, 0.717) is 17.6 Å². The number of halogens is 4. The molecule has 5 nitrogen and oxygen atoms in total. The zero-order valence-corrected chi connectivity index (χ0v) is 13.8. The number of hydrogen-bond donors (Lipinski definition) is 3. The predicted octanol–water partition coefficient (Wildman–Crippen LogP) is 4.08. The number of nitrogens with one attached hydrogen (secondary N) is 3. The fourth-order valence-electron chi connectivity index (χ4n) is 1.70. The van der Waals surface area contributed by atoms with Gasteiger partial charge in [0.2, 0.25) is 0 Å². The van der Waals surface area contributed by atoms with Gasteiger partial charge in [-0.25, -0.2) is 4.98 Å². The molecule has 10 heteroatoms. The van der Waals surface area contributed by atoms with E-state index < -0.39 is 11.7 Å². The standard InChI is InChI=1S/C14H12ClF3N4OS/c1-23-11-5-3-2-4-10(11)20-13(24)22-21-12-9(15)6-8(7-19-12)14(16,17)18/h2-7H,1H3,(H,19,21)(H2,20,22,24). The second-order valence-electron chi connectivity index (χ2n) is 4.46. The Hall–Kier alpha value is -2.26. The van der Waals surface area contributed by atoms with E-state index in [9.17, 15) is 13.2 Å². The Morgan fingerprint density at radius 2 is 2.00 bits per heavy atom. The van der Waals surface area contributed by atoms with E-state index in [4.69, 9.17) is 28.6 Å². The van der Waals surface area contributed by atoms with Crippen LogP contribution in [0.4, 0.5) is 24.7 Å². The molecule has 3 N–H and O–H groups in total. The number of hydrogen-bond acceptors (Lipinski definition) is 4. The average Bonchev–Trinajstić information content (AvgIpc) is 2.53. The van der Waals surface area contributed by atoms with E-state index in [2.05, 4.69) is 21.2 Å². The van der Waals surface area contributed by atoms with Gasteiger partial charge < -0.3 is 10.1 Å². The molecule has 0 aliphatic carbocycles. The molecular weight excluding hydrogens is 365 g/mol. The Bertz CT molecular complexity index is 742. The number of aromatic nitrogens is 1. The van der Waals surface area contributed by atoms with Gasteiger partial charge in [-0.3, -0.25) is 10.9 Å². The Morgan fingerprint density at radius 1 is 1.29 bits per heavy atom. The van der Waals surface area contributed by atoms with Gasteiger partial charge in [0.1, 0.15) is 5.75 Å². The highest BCUT2D eigenvalue weighted by molar-refractivity contribution is 7.80. The molecule has 2 aromatic rings. The van der Waals surface area contributed by atoms with Gasteiger partial charge in [0, 0.05) is 6.20 Å². The van der Waals surface area contributed by atoms with Crippen LogP contribution in [0.1, 0.15) is 5.56 Å². The Kier molecular flexibility index (Phi) is 5.68. The highest BCUT2D eigenvalue weighted by Crippen LogP contribution is 2.32. The molecule has 1 aromatic carbocycles. The van der Waals surface area contributed by atoms with E-state index in [1.54, 1.807) is 24.3 Å². The van der Waals surface area contributed by atoms with Crippen LogP contribution in [0.15, 0.2) is 36.5 Å². The molecule has 0 saturated carbocycles. The average molecular weight is 377 g/mol. The van der Waals surface area contributed by atoms with Gasteiger partial charge in [0.15, 0.2) is 10.9 Å². The van der Waals surface area contributed by atoms with Crippen molar-refractivity contribution in [2.75, 3.05) is 17.9 Å². The summed E-state index contributed by atoms with van der Waals surface area (Å²) in [6, 6.07) is 7.85. The highest BCUT2D eigenvalue weighted by atomic mass is 35.5. The maximum Gasteiger partial charge on any atom is 0.417 e. The molecule has 0 bridgehead atoms. The van der Waals surface area contributed by atoms with Crippen molar-refractivity contribution in [3.05, 3.63) is 47.1 Å². The molecule has 24 heavy (non-hydrogen) atoms. The molecule has 0 saturated heterocycles. The summed E-state index contributed by atoms with van der Waals surface area (Å²) in [5.41, 5.74) is 4.81. The van der Waals surface area contributed by atoms with Crippen molar-refractivity contribution >= 4 is 40.4 Å². The van der Waals surface area contributed by atoms with Crippen molar-refractivity contribution in [3.63, 3.8) is 0 Å². The largest absolute Gasteiger partial charge is 0.495 e. The van der Waals surface area contributed by atoms with Crippen LogP contribution in [0.3, 0.4) is 0 Å². The van der Waals surface area contributed by atoms with Crippen molar-refractivity contribution in [3.8, 4) is 5.75 Å². The monoisotopic (exact) mass is 376 g/mol. The fraction of sp³-hybridized carbons (Fsp3) is 0.143. The number of thiocarbonyl (C=S) groups is 1. The number of ether oxygens (including phenoxy) is 1. The van der Waals surface area contributed by atoms with Gasteiger partial charge >= 0.3 is 6.18 Å². The quantitative estimate of drug-likeness (QED) is 0.552. The number of pyridine rings is 1. The molecule has 0 radical (unpaired) electrons. The van der Waals surface area contributed by atoms with Gasteiger partial charge in [-0.05, 0) is 30.4 Å². The second-order valence-corrected chi connectivity index (χ2v) is 5.27. The molecule has 0 amide bonds. The molecule has 0 fully saturated rings. The lowest BCUT2D eigenvalue weighted by molar-refractivity contribution is -0.137. The van der Waals surface area contributed by atoms with E-state index in [1.807, 2.05) is 0 Å². The first kappa shape index (κ1) is 18.1. The molecule has 0 unspecified atom stereocenters. The zero-order chi connectivity index (χ0) is 17.7. The number of para-hydroxylation sites is 2. The number of rotatable bonds is 4. The number of methoxy groups -OCH3 is 1. The Balaban J connectivity index is 1.99. The lowest BCUT2D eigenvalue weighted by Crippen LogP contribution is -2.34. The third kappa shape index (κ3) is 4.62. The van der Waals surface area contributed by atoms with Crippen LogP contribution in [0.5, 0.6) is 5.75 Å². The molecule has 0 atom stereocenters. The number of hydrazine groups is 1. The Morgan fingerprint density at radius 3 is 2.62 bits per heavy atom. The molecule has 0 spiro atoms. The SMILES string of the molecule is COc1ccccc1NC(=S)NNc1ncc(C(F)(F)F)cc1Cl. The molecule has 1 heterocycles. The highest BCUT2D eigenvalue weighted by Gasteiger charge is 2.31. The van der Waals surface area contributed by atoms with Crippen LogP contribution in [0.25, 0.3) is 0 Å². The van der Waals surface area contributed by atoms with Crippen molar-refractivity contribution < 1.29 is 17.9 Å². The minimum Gasteiger partial charge on any atom is -0.495 e. The van der Waals surface area contributed by atoms with Crippen LogP contribution in [-0.4, -0.2) is 17.2 Å². The van der Waals surface area contributed by atoms with Gasteiger partial charge in [0.05, 0.1) is 23.4 Å². The topological polar surface area (TPSA) is 58.2 Å². The zero-order valence-electron chi connectivity index (χ0n) is 12.2. The summed E-state index contributed by atoms with van der Waals surface area (Å²) in [6.07, 6.45) is -3.84. The summed E-state index contributed by atoms with van der Waals surface area (Å²) in [5.74, 6) is 0.584. The molecule has 0 aliphatic rings. The van der Waals surface area contributed by atoms with Gasteiger partial charge in [-0.2, -0.15) is 13.2 Å². The molecule has 128 valence electrons. The summed E-state index contributed by atoms with van der Waals surface area (Å²) in [6.45, 7) is 0. The second kappa shape index (κ2) is 7.54. The van der Waals surface area contributed by atoms with Crippen LogP contribution >= 0.6 is 23.8 Å². The normalized spacial score (nSPS) is 10.9. The van der Waals surface area contributed by atoms with E-state index in [1.165, 1.54) is 7.11 Å². The lowest BCUT2D eigenvalue weighted by atomic mass is 10.3. The Labute approximate surface area is 146 Å². The van der Waals surface area contributed by atoms with Crippen LogP contribution < -0.4 is 20.9 Å². The number of benzene rings is 1.